The monoisotopic (exact) mass is 765 g/mol. The lowest BCUT2D eigenvalue weighted by Gasteiger charge is -2.44. The number of aryl methyl sites for hydroxylation is 3. The Hall–Kier alpha value is -5.80. The number of likely N-dealkylation sites (tertiary alicyclic amines) is 1. The van der Waals surface area contributed by atoms with Gasteiger partial charge in [-0.3, -0.25) is 29.4 Å². The van der Waals surface area contributed by atoms with Crippen LogP contribution in [-0.2, 0) is 15.0 Å². The molecule has 4 fully saturated rings. The summed E-state index contributed by atoms with van der Waals surface area (Å²) in [6.45, 7) is 11.8. The fraction of sp³-hybridized carbons (Fsp3) is 0.422. The Morgan fingerprint density at radius 2 is 1.63 bits per heavy atom. The number of benzene rings is 3. The molecule has 0 radical (unpaired) electrons. The van der Waals surface area contributed by atoms with Crippen LogP contribution in [0.2, 0.25) is 0 Å². The van der Waals surface area contributed by atoms with Crippen LogP contribution in [0.5, 0.6) is 0 Å². The first-order valence-electron chi connectivity index (χ1n) is 20.2. The van der Waals surface area contributed by atoms with Crippen LogP contribution >= 0.6 is 0 Å². The third kappa shape index (κ3) is 6.67. The van der Waals surface area contributed by atoms with Crippen molar-refractivity contribution in [2.24, 2.45) is 11.8 Å². The number of carbonyl (C=O) groups excluding carboxylic acids is 4. The van der Waals surface area contributed by atoms with Crippen LogP contribution in [0.15, 0.2) is 65.2 Å². The Labute approximate surface area is 332 Å². The molecule has 9 rings (SSSR count). The number of hydrogen-bond acceptors (Lipinski definition) is 10. The number of anilines is 3. The molecule has 4 aliphatic heterocycles. The molecule has 0 bridgehead atoms. The molecule has 0 spiro atoms. The summed E-state index contributed by atoms with van der Waals surface area (Å²) in [5.74, 6) is -0.135. The van der Waals surface area contributed by atoms with Crippen LogP contribution in [0.25, 0.3) is 11.1 Å². The van der Waals surface area contributed by atoms with E-state index in [2.05, 4.69) is 80.6 Å². The van der Waals surface area contributed by atoms with E-state index in [1.165, 1.54) is 11.3 Å². The molecule has 5 aliphatic rings. The maximum Gasteiger partial charge on any atom is 0.262 e. The number of hydrogen-bond donors (Lipinski definition) is 1. The van der Waals surface area contributed by atoms with Crippen LogP contribution in [-0.4, -0.2) is 83.9 Å². The number of fused-ring (bicyclic) bond motifs is 1. The molecule has 1 atom stereocenters. The maximum atomic E-state index is 13.4. The van der Waals surface area contributed by atoms with Gasteiger partial charge in [0.15, 0.2) is 0 Å². The zero-order chi connectivity index (χ0) is 39.6. The zero-order valence-corrected chi connectivity index (χ0v) is 32.7. The topological polar surface area (TPSA) is 143 Å². The Kier molecular flexibility index (Phi) is 9.23. The molecule has 12 heteroatoms. The van der Waals surface area contributed by atoms with Crippen molar-refractivity contribution in [3.05, 3.63) is 94.4 Å². The quantitative estimate of drug-likeness (QED) is 0.185. The fourth-order valence-electron chi connectivity index (χ4n) is 9.37. The summed E-state index contributed by atoms with van der Waals surface area (Å²) in [4.78, 5) is 58.9. The second-order valence-electron chi connectivity index (χ2n) is 16.7. The van der Waals surface area contributed by atoms with E-state index in [4.69, 9.17) is 4.52 Å². The largest absolute Gasteiger partial charge is 0.371 e. The molecule has 3 aromatic carbocycles. The molecule has 3 saturated heterocycles. The van der Waals surface area contributed by atoms with Gasteiger partial charge in [0.2, 0.25) is 11.8 Å². The lowest BCUT2D eigenvalue weighted by Crippen LogP contribution is -2.54. The summed E-state index contributed by atoms with van der Waals surface area (Å²) < 4.78 is 5.54. The molecule has 1 N–H and O–H groups in total. The third-order valence-corrected chi connectivity index (χ3v) is 12.9. The molecule has 12 nitrogen and oxygen atoms in total. The highest BCUT2D eigenvalue weighted by Crippen LogP contribution is 2.48. The molecular weight excluding hydrogens is 719 g/mol. The molecular formula is C45H47N7O5. The number of imide groups is 2. The van der Waals surface area contributed by atoms with Gasteiger partial charge in [0, 0.05) is 61.1 Å². The molecule has 4 amide bonds. The van der Waals surface area contributed by atoms with E-state index in [1.807, 2.05) is 19.9 Å². The minimum absolute atomic E-state index is 0.0967. The summed E-state index contributed by atoms with van der Waals surface area (Å²) in [6.07, 6.45) is 4.27. The number of nitrogens with one attached hydrogen (secondary N) is 1. The van der Waals surface area contributed by atoms with Crippen molar-refractivity contribution in [1.29, 1.82) is 5.26 Å². The number of rotatable bonds is 10. The number of amides is 4. The van der Waals surface area contributed by atoms with Gasteiger partial charge in [-0.1, -0.05) is 29.4 Å². The highest BCUT2D eigenvalue weighted by Gasteiger charge is 2.46. The molecule has 1 unspecified atom stereocenters. The molecule has 1 aromatic heterocycles. The van der Waals surface area contributed by atoms with Crippen molar-refractivity contribution in [3.8, 4) is 17.2 Å². The summed E-state index contributed by atoms with van der Waals surface area (Å²) in [7, 11) is 0. The first kappa shape index (κ1) is 36.8. The molecule has 292 valence electrons. The van der Waals surface area contributed by atoms with Gasteiger partial charge < -0.3 is 19.2 Å². The van der Waals surface area contributed by atoms with Gasteiger partial charge in [-0.05, 0) is 125 Å². The van der Waals surface area contributed by atoms with Crippen molar-refractivity contribution in [2.75, 3.05) is 49.1 Å². The minimum atomic E-state index is -0.967. The van der Waals surface area contributed by atoms with Gasteiger partial charge in [0.25, 0.3) is 11.8 Å². The molecule has 1 saturated carbocycles. The van der Waals surface area contributed by atoms with Crippen molar-refractivity contribution in [1.82, 2.24) is 20.3 Å². The van der Waals surface area contributed by atoms with Crippen molar-refractivity contribution in [3.63, 3.8) is 0 Å². The van der Waals surface area contributed by atoms with Crippen LogP contribution in [0.3, 0.4) is 0 Å². The van der Waals surface area contributed by atoms with Gasteiger partial charge in [-0.25, -0.2) is 0 Å². The van der Waals surface area contributed by atoms with Gasteiger partial charge in [0.1, 0.15) is 11.8 Å². The van der Waals surface area contributed by atoms with Crippen LogP contribution < -0.4 is 15.1 Å². The Morgan fingerprint density at radius 1 is 0.895 bits per heavy atom. The van der Waals surface area contributed by atoms with Crippen LogP contribution in [0.1, 0.15) is 81.8 Å². The Bertz CT molecular complexity index is 2310. The Balaban J connectivity index is 0.839. The first-order valence-corrected chi connectivity index (χ1v) is 20.2. The second-order valence-corrected chi connectivity index (χ2v) is 16.7. The smallest absolute Gasteiger partial charge is 0.262 e. The van der Waals surface area contributed by atoms with Gasteiger partial charge in [0.05, 0.1) is 28.3 Å². The maximum absolute atomic E-state index is 13.4. The van der Waals surface area contributed by atoms with Crippen molar-refractivity contribution < 1.29 is 23.7 Å². The minimum Gasteiger partial charge on any atom is -0.371 e. The van der Waals surface area contributed by atoms with E-state index in [1.54, 1.807) is 12.1 Å². The number of nitriles is 1. The predicted octanol–water partition coefficient (Wildman–Crippen LogP) is 6.21. The normalized spacial score (nSPS) is 21.0. The standard InChI is InChI=1S/C45H47N7O5/c1-27-4-5-32(41-28(2)48-57-29(41)3)20-39(27)51(34-8-6-33(7-9-34)45(26-46)16-17-45)25-30-14-18-49(19-15-30)22-31-23-50(24-31)35-10-11-36-37(21-35)44(56)52(43(36)55)38-12-13-40(53)47-42(38)54/h4-11,20-21,30-31,38H,12-19,22-25H2,1-3H3,(H,47,53,54). The van der Waals surface area contributed by atoms with E-state index in [9.17, 15) is 24.4 Å². The fourth-order valence-corrected chi connectivity index (χ4v) is 9.37. The predicted molar refractivity (Wildman–Crippen MR) is 214 cm³/mol. The average Bonchev–Trinajstić information content (AvgIpc) is 3.87. The summed E-state index contributed by atoms with van der Waals surface area (Å²) >= 11 is 0. The molecule has 1 aliphatic carbocycles. The number of nitrogens with zero attached hydrogens (tertiary/aromatic N) is 6. The van der Waals surface area contributed by atoms with E-state index in [0.29, 0.717) is 23.0 Å². The van der Waals surface area contributed by atoms with Crippen LogP contribution in [0, 0.1) is 43.9 Å². The highest BCUT2D eigenvalue weighted by atomic mass is 16.5. The Morgan fingerprint density at radius 3 is 2.30 bits per heavy atom. The third-order valence-electron chi connectivity index (χ3n) is 12.9. The summed E-state index contributed by atoms with van der Waals surface area (Å²) in [5.41, 5.74) is 8.80. The summed E-state index contributed by atoms with van der Waals surface area (Å²) in [6, 6.07) is 22.2. The first-order chi connectivity index (χ1) is 27.5. The van der Waals surface area contributed by atoms with E-state index in [0.717, 1.165) is 109 Å². The van der Waals surface area contributed by atoms with Gasteiger partial charge in [-0.2, -0.15) is 5.26 Å². The number of piperidine rings is 2. The van der Waals surface area contributed by atoms with E-state index in [-0.39, 0.29) is 24.2 Å². The average molecular weight is 766 g/mol. The van der Waals surface area contributed by atoms with Crippen molar-refractivity contribution in [2.45, 2.75) is 70.8 Å². The molecule has 4 aromatic rings. The lowest BCUT2D eigenvalue weighted by atomic mass is 9.92. The molecule has 57 heavy (non-hydrogen) atoms. The zero-order valence-electron chi connectivity index (χ0n) is 32.7. The highest BCUT2D eigenvalue weighted by molar-refractivity contribution is 6.23. The SMILES string of the molecule is Cc1ccc(-c2c(C)noc2C)cc1N(CC1CCN(CC2CN(c3ccc4c(c3)C(=O)N(C3CCC(=O)NC3=O)C4=O)C2)CC1)c1ccc(C2(C#N)CC2)cc1. The van der Waals surface area contributed by atoms with E-state index < -0.39 is 23.8 Å². The van der Waals surface area contributed by atoms with Crippen molar-refractivity contribution >= 4 is 40.7 Å². The van der Waals surface area contributed by atoms with Gasteiger partial charge >= 0.3 is 0 Å². The van der Waals surface area contributed by atoms with E-state index >= 15 is 0 Å². The van der Waals surface area contributed by atoms with Gasteiger partial charge in [-0.15, -0.1) is 0 Å². The number of carbonyl (C=O) groups is 4. The summed E-state index contributed by atoms with van der Waals surface area (Å²) in [5, 5.41) is 16.3. The number of aromatic nitrogens is 1. The van der Waals surface area contributed by atoms with Crippen LogP contribution in [0.4, 0.5) is 17.1 Å². The second kappa shape index (κ2) is 14.3. The lowest BCUT2D eigenvalue weighted by molar-refractivity contribution is -0.136. The molecule has 5 heterocycles.